The minimum atomic E-state index is -0.359. The number of aromatic nitrogens is 2. The minimum Gasteiger partial charge on any atom is -0.465 e. The molecule has 122 valence electrons. The quantitative estimate of drug-likeness (QED) is 0.817. The number of benzene rings is 1. The highest BCUT2D eigenvalue weighted by Crippen LogP contribution is 2.20. The number of carbonyl (C=O) groups excluding carboxylic acids is 1. The average Bonchev–Trinajstić information content (AvgIpc) is 2.96. The third-order valence-electron chi connectivity index (χ3n) is 4.13. The van der Waals surface area contributed by atoms with Crippen LogP contribution >= 0.6 is 0 Å². The van der Waals surface area contributed by atoms with E-state index in [4.69, 9.17) is 9.15 Å². The Morgan fingerprint density at radius 1 is 1.26 bits per heavy atom. The highest BCUT2D eigenvalue weighted by atomic mass is 16.5. The third-order valence-corrected chi connectivity index (χ3v) is 4.13. The molecule has 0 unspecified atom stereocenters. The van der Waals surface area contributed by atoms with Crippen LogP contribution in [0.25, 0.3) is 11.5 Å². The van der Waals surface area contributed by atoms with Crippen LogP contribution in [-0.2, 0) is 11.8 Å². The summed E-state index contributed by atoms with van der Waals surface area (Å²) in [5.41, 5.74) is 1.85. The molecule has 0 radical (unpaired) electrons. The summed E-state index contributed by atoms with van der Waals surface area (Å²) in [6.07, 6.45) is 5.99. The topological polar surface area (TPSA) is 69.6 Å². The van der Waals surface area contributed by atoms with Gasteiger partial charge < -0.3 is 9.15 Å². The van der Waals surface area contributed by atoms with Gasteiger partial charge in [0.15, 0.2) is 0 Å². The van der Waals surface area contributed by atoms with Crippen LogP contribution < -0.4 is 5.68 Å². The largest absolute Gasteiger partial charge is 0.465 e. The van der Waals surface area contributed by atoms with Gasteiger partial charge in [0.25, 0.3) is 0 Å². The Labute approximate surface area is 134 Å². The lowest BCUT2D eigenvalue weighted by Crippen LogP contribution is -2.20. The van der Waals surface area contributed by atoms with Gasteiger partial charge in [0, 0.05) is 12.6 Å². The lowest BCUT2D eigenvalue weighted by molar-refractivity contribution is 0.0600. The second kappa shape index (κ2) is 6.81. The van der Waals surface area contributed by atoms with Gasteiger partial charge in [-0.1, -0.05) is 19.3 Å². The second-order valence-electron chi connectivity index (χ2n) is 5.80. The summed E-state index contributed by atoms with van der Waals surface area (Å²) in [7, 11) is 3.20. The van der Waals surface area contributed by atoms with Crippen molar-refractivity contribution in [3.05, 3.63) is 35.5 Å². The summed E-state index contributed by atoms with van der Waals surface area (Å²) in [6.45, 7) is 0. The predicted octanol–water partition coefficient (Wildman–Crippen LogP) is 2.70. The molecule has 3 rings (SSSR count). The van der Waals surface area contributed by atoms with E-state index in [0.29, 0.717) is 23.2 Å². The maximum Gasteiger partial charge on any atom is 0.337 e. The van der Waals surface area contributed by atoms with Gasteiger partial charge in [-0.3, -0.25) is 0 Å². The fourth-order valence-electron chi connectivity index (χ4n) is 2.81. The first-order valence-corrected chi connectivity index (χ1v) is 7.94. The molecule has 23 heavy (non-hydrogen) atoms. The highest BCUT2D eigenvalue weighted by molar-refractivity contribution is 5.89. The van der Waals surface area contributed by atoms with Crippen molar-refractivity contribution in [1.29, 1.82) is 0 Å². The Hall–Kier alpha value is -2.37. The molecule has 0 saturated heterocycles. The van der Waals surface area contributed by atoms with Gasteiger partial charge in [0.1, 0.15) is 0 Å². The summed E-state index contributed by atoms with van der Waals surface area (Å²) in [6, 6.07) is 7.31. The van der Waals surface area contributed by atoms with E-state index in [1.54, 1.807) is 28.9 Å². The number of rotatable bonds is 3. The SMILES string of the molecule is COC(=O)c1ccc(-c2nn(C)c(=NC3CCCCC3)o2)cc1. The molecule has 1 fully saturated rings. The molecular formula is C17H21N3O3. The Bertz CT molecular complexity index is 737. The molecule has 0 aliphatic heterocycles. The minimum absolute atomic E-state index is 0.331. The van der Waals surface area contributed by atoms with Crippen molar-refractivity contribution < 1.29 is 13.9 Å². The molecule has 1 aromatic carbocycles. The van der Waals surface area contributed by atoms with Crippen molar-refractivity contribution in [2.75, 3.05) is 7.11 Å². The number of nitrogens with zero attached hydrogens (tertiary/aromatic N) is 3. The first-order valence-electron chi connectivity index (χ1n) is 7.94. The van der Waals surface area contributed by atoms with E-state index >= 15 is 0 Å². The molecule has 2 aromatic rings. The molecule has 0 bridgehead atoms. The maximum atomic E-state index is 11.5. The van der Waals surface area contributed by atoms with Crippen molar-refractivity contribution in [2.45, 2.75) is 38.1 Å². The van der Waals surface area contributed by atoms with Crippen LogP contribution in [0.1, 0.15) is 42.5 Å². The number of aryl methyl sites for hydroxylation is 1. The molecule has 1 aliphatic carbocycles. The molecular weight excluding hydrogens is 294 g/mol. The van der Waals surface area contributed by atoms with E-state index < -0.39 is 0 Å². The number of hydrogen-bond acceptors (Lipinski definition) is 5. The Morgan fingerprint density at radius 2 is 1.96 bits per heavy atom. The van der Waals surface area contributed by atoms with Crippen molar-refractivity contribution >= 4 is 5.97 Å². The van der Waals surface area contributed by atoms with Crippen LogP contribution in [-0.4, -0.2) is 28.9 Å². The zero-order chi connectivity index (χ0) is 16.2. The first kappa shape index (κ1) is 15.5. The van der Waals surface area contributed by atoms with Crippen molar-refractivity contribution in [3.8, 4) is 11.5 Å². The Morgan fingerprint density at radius 3 is 2.61 bits per heavy atom. The Balaban J connectivity index is 1.85. The van der Waals surface area contributed by atoms with Crippen LogP contribution in [0.15, 0.2) is 33.7 Å². The predicted molar refractivity (Wildman–Crippen MR) is 84.7 cm³/mol. The van der Waals surface area contributed by atoms with E-state index in [9.17, 15) is 4.79 Å². The van der Waals surface area contributed by atoms with Crippen LogP contribution in [0.4, 0.5) is 0 Å². The number of methoxy groups -OCH3 is 1. The standard InChI is InChI=1S/C17H21N3O3/c1-20-17(18-14-6-4-3-5-7-14)23-15(19-20)12-8-10-13(11-9-12)16(21)22-2/h8-11,14H,3-7H2,1-2H3. The van der Waals surface area contributed by atoms with Gasteiger partial charge in [-0.25, -0.2) is 14.5 Å². The summed E-state index contributed by atoms with van der Waals surface area (Å²) in [5.74, 6) is 0.140. The fourth-order valence-corrected chi connectivity index (χ4v) is 2.81. The smallest absolute Gasteiger partial charge is 0.337 e. The molecule has 0 amide bonds. The van der Waals surface area contributed by atoms with E-state index in [1.165, 1.54) is 26.4 Å². The molecule has 0 atom stereocenters. The molecule has 6 heteroatoms. The normalized spacial score (nSPS) is 16.5. The van der Waals surface area contributed by atoms with Gasteiger partial charge >= 0.3 is 11.7 Å². The van der Waals surface area contributed by atoms with Crippen LogP contribution in [0, 0.1) is 0 Å². The van der Waals surface area contributed by atoms with E-state index in [0.717, 1.165) is 18.4 Å². The van der Waals surface area contributed by atoms with E-state index in [-0.39, 0.29) is 5.97 Å². The highest BCUT2D eigenvalue weighted by Gasteiger charge is 2.14. The molecule has 1 aromatic heterocycles. The molecule has 1 heterocycles. The average molecular weight is 315 g/mol. The summed E-state index contributed by atoms with van der Waals surface area (Å²) in [4.78, 5) is 16.1. The van der Waals surface area contributed by atoms with Crippen molar-refractivity contribution in [3.63, 3.8) is 0 Å². The summed E-state index contributed by atoms with van der Waals surface area (Å²) in [5, 5.41) is 4.38. The van der Waals surface area contributed by atoms with Crippen LogP contribution in [0.2, 0.25) is 0 Å². The lowest BCUT2D eigenvalue weighted by atomic mass is 9.96. The van der Waals surface area contributed by atoms with Crippen LogP contribution in [0.5, 0.6) is 0 Å². The number of esters is 1. The first-order chi connectivity index (χ1) is 11.2. The zero-order valence-corrected chi connectivity index (χ0v) is 13.5. The third kappa shape index (κ3) is 3.52. The van der Waals surface area contributed by atoms with Gasteiger partial charge in [0.2, 0.25) is 5.89 Å². The van der Waals surface area contributed by atoms with Crippen molar-refractivity contribution in [2.24, 2.45) is 12.0 Å². The summed E-state index contributed by atoms with van der Waals surface area (Å²) >= 11 is 0. The van der Waals surface area contributed by atoms with Gasteiger partial charge in [-0.2, -0.15) is 0 Å². The lowest BCUT2D eigenvalue weighted by Gasteiger charge is -2.16. The molecule has 0 spiro atoms. The number of ether oxygens (including phenoxy) is 1. The summed E-state index contributed by atoms with van der Waals surface area (Å²) < 4.78 is 12.2. The van der Waals surface area contributed by atoms with Gasteiger partial charge in [0.05, 0.1) is 18.7 Å². The van der Waals surface area contributed by atoms with Gasteiger partial charge in [-0.15, -0.1) is 5.10 Å². The van der Waals surface area contributed by atoms with Crippen LogP contribution in [0.3, 0.4) is 0 Å². The monoisotopic (exact) mass is 315 g/mol. The molecule has 1 aliphatic rings. The number of carbonyl (C=O) groups is 1. The molecule has 1 saturated carbocycles. The van der Waals surface area contributed by atoms with E-state index in [1.807, 2.05) is 7.05 Å². The van der Waals surface area contributed by atoms with Gasteiger partial charge in [-0.05, 0) is 37.1 Å². The maximum absolute atomic E-state index is 11.5. The second-order valence-corrected chi connectivity index (χ2v) is 5.80. The zero-order valence-electron chi connectivity index (χ0n) is 13.5. The Kier molecular flexibility index (Phi) is 4.60. The van der Waals surface area contributed by atoms with E-state index in [2.05, 4.69) is 10.1 Å². The van der Waals surface area contributed by atoms with Crippen molar-refractivity contribution in [1.82, 2.24) is 9.78 Å². The molecule has 6 nitrogen and oxygen atoms in total. The molecule has 0 N–H and O–H groups in total. The fraction of sp³-hybridized carbons (Fsp3) is 0.471. The number of hydrogen-bond donors (Lipinski definition) is 0.